The highest BCUT2D eigenvalue weighted by atomic mass is 35.5. The van der Waals surface area contributed by atoms with Crippen molar-refractivity contribution in [2.75, 3.05) is 6.61 Å². The van der Waals surface area contributed by atoms with Crippen molar-refractivity contribution in [2.24, 2.45) is 0 Å². The molecule has 0 fully saturated rings. The predicted octanol–water partition coefficient (Wildman–Crippen LogP) is 4.22. The minimum Gasteiger partial charge on any atom is -0.452 e. The van der Waals surface area contributed by atoms with Gasteiger partial charge in [-0.05, 0) is 61.9 Å². The number of hydrogen-bond donors (Lipinski definition) is 1. The molecule has 2 aromatic carbocycles. The van der Waals surface area contributed by atoms with Gasteiger partial charge in [0.25, 0.3) is 5.91 Å². The topological polar surface area (TPSA) is 60.3 Å². The maximum Gasteiger partial charge on any atom is 0.338 e. The Morgan fingerprint density at radius 2 is 1.61 bits per heavy atom. The lowest BCUT2D eigenvalue weighted by Gasteiger charge is -2.10. The molecule has 144 valence electrons. The zero-order chi connectivity index (χ0) is 20.1. The lowest BCUT2D eigenvalue weighted by Crippen LogP contribution is -2.28. The third kappa shape index (κ3) is 4.61. The molecule has 1 heterocycles. The van der Waals surface area contributed by atoms with Crippen molar-refractivity contribution in [1.82, 2.24) is 9.88 Å². The minimum absolute atomic E-state index is 0.278. The van der Waals surface area contributed by atoms with Crippen LogP contribution in [-0.2, 0) is 16.1 Å². The van der Waals surface area contributed by atoms with Gasteiger partial charge in [0.1, 0.15) is 0 Å². The molecule has 0 aliphatic carbocycles. The second kappa shape index (κ2) is 8.76. The fraction of sp³-hybridized carbons (Fsp3) is 0.182. The fourth-order valence-corrected chi connectivity index (χ4v) is 3.13. The Hall–Kier alpha value is -3.05. The third-order valence-electron chi connectivity index (χ3n) is 4.40. The zero-order valence-electron chi connectivity index (χ0n) is 15.7. The van der Waals surface area contributed by atoms with Gasteiger partial charge >= 0.3 is 5.97 Å². The van der Waals surface area contributed by atoms with Crippen molar-refractivity contribution < 1.29 is 14.3 Å². The first kappa shape index (κ1) is 19.7. The van der Waals surface area contributed by atoms with Gasteiger partial charge in [-0.2, -0.15) is 0 Å². The van der Waals surface area contributed by atoms with E-state index in [0.717, 1.165) is 22.6 Å². The van der Waals surface area contributed by atoms with Gasteiger partial charge in [-0.15, -0.1) is 0 Å². The number of benzene rings is 2. The molecule has 1 N–H and O–H groups in total. The molecule has 0 spiro atoms. The van der Waals surface area contributed by atoms with E-state index in [0.29, 0.717) is 10.6 Å². The quantitative estimate of drug-likeness (QED) is 0.634. The van der Waals surface area contributed by atoms with E-state index < -0.39 is 5.97 Å². The Morgan fingerprint density at radius 3 is 2.25 bits per heavy atom. The molecule has 6 heteroatoms. The average Bonchev–Trinajstić information content (AvgIpc) is 3.04. The molecule has 0 bridgehead atoms. The summed E-state index contributed by atoms with van der Waals surface area (Å²) in [5, 5.41) is 3.26. The van der Waals surface area contributed by atoms with Gasteiger partial charge in [0.2, 0.25) is 0 Å². The van der Waals surface area contributed by atoms with Gasteiger partial charge in [0.05, 0.1) is 5.56 Å². The van der Waals surface area contributed by atoms with Crippen LogP contribution in [-0.4, -0.2) is 23.1 Å². The Labute approximate surface area is 168 Å². The Kier molecular flexibility index (Phi) is 6.16. The summed E-state index contributed by atoms with van der Waals surface area (Å²) < 4.78 is 7.19. The number of amides is 1. The first-order valence-electron chi connectivity index (χ1n) is 8.88. The third-order valence-corrected chi connectivity index (χ3v) is 4.77. The van der Waals surface area contributed by atoms with Crippen molar-refractivity contribution >= 4 is 23.5 Å². The maximum absolute atomic E-state index is 12.2. The smallest absolute Gasteiger partial charge is 0.338 e. The first-order valence-corrected chi connectivity index (χ1v) is 9.26. The van der Waals surface area contributed by atoms with E-state index in [2.05, 4.69) is 9.88 Å². The van der Waals surface area contributed by atoms with Gasteiger partial charge in [-0.25, -0.2) is 4.79 Å². The maximum atomic E-state index is 12.2. The van der Waals surface area contributed by atoms with Gasteiger partial charge in [-0.3, -0.25) is 4.79 Å². The molecule has 3 aromatic rings. The Balaban J connectivity index is 1.53. The normalized spacial score (nSPS) is 10.5. The van der Waals surface area contributed by atoms with Gasteiger partial charge in [-0.1, -0.05) is 29.8 Å². The van der Waals surface area contributed by atoms with E-state index in [1.807, 2.05) is 56.3 Å². The number of aryl methyl sites for hydroxylation is 2. The second-order valence-corrected chi connectivity index (χ2v) is 6.85. The monoisotopic (exact) mass is 396 g/mol. The van der Waals surface area contributed by atoms with Crippen LogP contribution in [0.1, 0.15) is 27.3 Å². The molecule has 1 aromatic heterocycles. The summed E-state index contributed by atoms with van der Waals surface area (Å²) in [5.74, 6) is -0.927. The summed E-state index contributed by atoms with van der Waals surface area (Å²) in [6.07, 6.45) is 0. The number of nitrogens with zero attached hydrogens (tertiary/aromatic N) is 1. The number of aromatic nitrogens is 1. The highest BCUT2D eigenvalue weighted by Crippen LogP contribution is 2.17. The van der Waals surface area contributed by atoms with Crippen LogP contribution in [0.5, 0.6) is 0 Å². The van der Waals surface area contributed by atoms with Crippen LogP contribution in [0.15, 0.2) is 60.7 Å². The van der Waals surface area contributed by atoms with Crippen LogP contribution in [0, 0.1) is 13.8 Å². The number of rotatable bonds is 6. The Morgan fingerprint density at radius 1 is 0.964 bits per heavy atom. The van der Waals surface area contributed by atoms with E-state index in [1.54, 1.807) is 18.2 Å². The molecular formula is C22H21ClN2O3. The molecule has 28 heavy (non-hydrogen) atoms. The molecule has 0 unspecified atom stereocenters. The van der Waals surface area contributed by atoms with E-state index in [4.69, 9.17) is 16.3 Å². The van der Waals surface area contributed by atoms with Crippen molar-refractivity contribution in [2.45, 2.75) is 20.4 Å². The summed E-state index contributed by atoms with van der Waals surface area (Å²) >= 11 is 6.05. The van der Waals surface area contributed by atoms with Gasteiger partial charge in [0.15, 0.2) is 6.61 Å². The molecule has 0 radical (unpaired) electrons. The van der Waals surface area contributed by atoms with Gasteiger partial charge in [0, 0.05) is 28.6 Å². The molecule has 0 aliphatic rings. The predicted molar refractivity (Wildman–Crippen MR) is 109 cm³/mol. The van der Waals surface area contributed by atoms with Crippen molar-refractivity contribution in [3.05, 3.63) is 88.2 Å². The van der Waals surface area contributed by atoms with Crippen LogP contribution in [0.25, 0.3) is 5.69 Å². The molecular weight excluding hydrogens is 376 g/mol. The van der Waals surface area contributed by atoms with Crippen molar-refractivity contribution in [1.29, 1.82) is 0 Å². The van der Waals surface area contributed by atoms with Gasteiger partial charge < -0.3 is 14.6 Å². The van der Waals surface area contributed by atoms with E-state index >= 15 is 0 Å². The zero-order valence-corrected chi connectivity index (χ0v) is 16.5. The first-order chi connectivity index (χ1) is 13.5. The number of ether oxygens (including phenoxy) is 1. The average molecular weight is 397 g/mol. The SMILES string of the molecule is Cc1ccc(C)n1-c1ccc(C(=O)OCC(=O)NCc2ccccc2Cl)cc1. The number of halogens is 1. The van der Waals surface area contributed by atoms with Crippen LogP contribution >= 0.6 is 11.6 Å². The summed E-state index contributed by atoms with van der Waals surface area (Å²) in [4.78, 5) is 24.1. The summed E-state index contributed by atoms with van der Waals surface area (Å²) in [6, 6.07) is 18.4. The highest BCUT2D eigenvalue weighted by molar-refractivity contribution is 6.31. The van der Waals surface area contributed by atoms with Crippen LogP contribution in [0.3, 0.4) is 0 Å². The van der Waals surface area contributed by atoms with Crippen LogP contribution < -0.4 is 5.32 Å². The highest BCUT2D eigenvalue weighted by Gasteiger charge is 2.11. The lowest BCUT2D eigenvalue weighted by atomic mass is 10.2. The van der Waals surface area contributed by atoms with Crippen LogP contribution in [0.4, 0.5) is 0 Å². The second-order valence-electron chi connectivity index (χ2n) is 6.44. The molecule has 0 aliphatic heterocycles. The van der Waals surface area contributed by atoms with Crippen molar-refractivity contribution in [3.8, 4) is 5.69 Å². The summed E-state index contributed by atoms with van der Waals surface area (Å²) in [6.45, 7) is 3.98. The molecule has 0 atom stereocenters. The number of hydrogen-bond acceptors (Lipinski definition) is 3. The molecule has 5 nitrogen and oxygen atoms in total. The van der Waals surface area contributed by atoms with E-state index in [9.17, 15) is 9.59 Å². The standard InChI is InChI=1S/C22H21ClN2O3/c1-15-7-8-16(2)25(15)19-11-9-17(10-12-19)22(27)28-14-21(26)24-13-18-5-3-4-6-20(18)23/h3-12H,13-14H2,1-2H3,(H,24,26). The molecule has 0 saturated heterocycles. The number of nitrogens with one attached hydrogen (secondary N) is 1. The number of carbonyl (C=O) groups is 2. The molecule has 0 saturated carbocycles. The summed E-state index contributed by atoms with van der Waals surface area (Å²) in [7, 11) is 0. The number of carbonyl (C=O) groups excluding carboxylic acids is 2. The van der Waals surface area contributed by atoms with E-state index in [1.165, 1.54) is 0 Å². The molecule has 1 amide bonds. The van der Waals surface area contributed by atoms with Crippen LogP contribution in [0.2, 0.25) is 5.02 Å². The Bertz CT molecular complexity index is 974. The lowest BCUT2D eigenvalue weighted by molar-refractivity contribution is -0.124. The fourth-order valence-electron chi connectivity index (χ4n) is 2.92. The number of esters is 1. The summed E-state index contributed by atoms with van der Waals surface area (Å²) in [5.41, 5.74) is 4.39. The molecule has 3 rings (SSSR count). The largest absolute Gasteiger partial charge is 0.452 e. The minimum atomic E-state index is -0.541. The van der Waals surface area contributed by atoms with E-state index in [-0.39, 0.29) is 19.1 Å². The van der Waals surface area contributed by atoms with Crippen molar-refractivity contribution in [3.63, 3.8) is 0 Å².